The predicted octanol–water partition coefficient (Wildman–Crippen LogP) is 23.9. The van der Waals surface area contributed by atoms with Gasteiger partial charge in [-0.25, -0.2) is 0 Å². The average molecular weight is 1130 g/mol. The van der Waals surface area contributed by atoms with Crippen molar-refractivity contribution in [3.63, 3.8) is 0 Å². The first-order valence-electron chi connectivity index (χ1n) is 36.9. The van der Waals surface area contributed by atoms with Crippen LogP contribution >= 0.6 is 0 Å². The van der Waals surface area contributed by atoms with Gasteiger partial charge in [0.05, 0.1) is 25.4 Å². The third-order valence-corrected chi connectivity index (χ3v) is 17.6. The second kappa shape index (κ2) is 70.1. The number of esters is 1. The van der Waals surface area contributed by atoms with E-state index in [0.29, 0.717) is 25.9 Å². The van der Waals surface area contributed by atoms with Crippen LogP contribution in [0, 0.1) is 0 Å². The van der Waals surface area contributed by atoms with E-state index in [4.69, 9.17) is 4.74 Å². The van der Waals surface area contributed by atoms with Crippen LogP contribution in [0.2, 0.25) is 0 Å². The summed E-state index contributed by atoms with van der Waals surface area (Å²) in [6, 6.07) is -0.540. The van der Waals surface area contributed by atoms with Gasteiger partial charge in [0.1, 0.15) is 0 Å². The zero-order valence-corrected chi connectivity index (χ0v) is 54.6. The fourth-order valence-corrected chi connectivity index (χ4v) is 11.9. The molecule has 0 rings (SSSR count). The number of aliphatic hydroxyl groups excluding tert-OH is 2. The molecule has 2 unspecified atom stereocenters. The lowest BCUT2D eigenvalue weighted by Crippen LogP contribution is -2.45. The van der Waals surface area contributed by atoms with Gasteiger partial charge in [0.15, 0.2) is 0 Å². The number of ether oxygens (including phenoxy) is 1. The summed E-state index contributed by atoms with van der Waals surface area (Å²) in [5.74, 6) is -0.0134. The molecule has 1 amide bonds. The average Bonchev–Trinajstić information content (AvgIpc) is 3.46. The van der Waals surface area contributed by atoms with Gasteiger partial charge in [-0.1, -0.05) is 373 Å². The molecule has 0 heterocycles. The van der Waals surface area contributed by atoms with Crippen LogP contribution in [0.1, 0.15) is 425 Å². The van der Waals surface area contributed by atoms with Crippen LogP contribution < -0.4 is 5.32 Å². The molecule has 0 bridgehead atoms. The topological polar surface area (TPSA) is 95.9 Å². The summed E-state index contributed by atoms with van der Waals surface area (Å²) in [7, 11) is 0. The zero-order chi connectivity index (χ0) is 57.8. The molecule has 0 aromatic rings. The van der Waals surface area contributed by atoms with Gasteiger partial charge in [0.25, 0.3) is 0 Å². The molecule has 0 fully saturated rings. The minimum atomic E-state index is -0.663. The zero-order valence-electron chi connectivity index (χ0n) is 54.6. The number of amides is 1. The molecule has 0 aliphatic carbocycles. The van der Waals surface area contributed by atoms with Crippen LogP contribution in [0.3, 0.4) is 0 Å². The second-order valence-electron chi connectivity index (χ2n) is 25.6. The van der Waals surface area contributed by atoms with Crippen molar-refractivity contribution in [3.8, 4) is 0 Å². The molecule has 3 N–H and O–H groups in total. The van der Waals surface area contributed by atoms with Crippen LogP contribution in [-0.4, -0.2) is 47.4 Å². The molecule has 6 heteroatoms. The number of hydrogen-bond acceptors (Lipinski definition) is 5. The van der Waals surface area contributed by atoms with Crippen molar-refractivity contribution in [2.45, 2.75) is 437 Å². The monoisotopic (exact) mass is 1130 g/mol. The van der Waals surface area contributed by atoms with Crippen molar-refractivity contribution in [1.29, 1.82) is 0 Å². The summed E-state index contributed by atoms with van der Waals surface area (Å²) in [6.07, 6.45) is 87.0. The Hall–Kier alpha value is -1.40. The first-order valence-corrected chi connectivity index (χ1v) is 36.9. The van der Waals surface area contributed by atoms with Crippen molar-refractivity contribution in [3.05, 3.63) is 12.2 Å². The minimum absolute atomic E-state index is 0.0149. The molecule has 0 aromatic carbocycles. The Balaban J connectivity index is 3.35. The standard InChI is InChI=1S/C74H145NO5/c1-3-5-7-9-11-13-15-17-19-21-23-31-34-38-42-46-50-54-58-62-66-72(77)71(70-76)75-73(78)67-63-59-55-51-47-43-39-35-32-29-27-25-24-26-28-30-33-37-41-45-49-53-57-61-65-69-80-74(79)68-64-60-56-52-48-44-40-36-22-20-18-16-14-12-10-8-6-4-2/h20,22,71-72,76-77H,3-19,21,23-70H2,1-2H3,(H,75,78)/b22-20-. The summed E-state index contributed by atoms with van der Waals surface area (Å²) >= 11 is 0. The SMILES string of the molecule is CCCCCCCCC/C=C\CCCCCCCCCC(=O)OCCCCCCCCCCCCCCCCCCCCCCCCCCCC(=O)NC(CO)C(O)CCCCCCCCCCCCCCCCCCCCCC. The number of hydrogen-bond donors (Lipinski definition) is 3. The molecule has 476 valence electrons. The molecule has 6 nitrogen and oxygen atoms in total. The molecule has 0 aliphatic rings. The van der Waals surface area contributed by atoms with Crippen molar-refractivity contribution in [2.24, 2.45) is 0 Å². The maximum atomic E-state index is 12.5. The van der Waals surface area contributed by atoms with E-state index < -0.39 is 12.1 Å². The first kappa shape index (κ1) is 78.6. The normalized spacial score (nSPS) is 12.5. The molecule has 0 aliphatic heterocycles. The molecule has 0 aromatic heterocycles. The van der Waals surface area contributed by atoms with Gasteiger partial charge in [-0.3, -0.25) is 9.59 Å². The van der Waals surface area contributed by atoms with E-state index in [2.05, 4.69) is 31.3 Å². The number of rotatable bonds is 70. The molecule has 80 heavy (non-hydrogen) atoms. The predicted molar refractivity (Wildman–Crippen MR) is 352 cm³/mol. The highest BCUT2D eigenvalue weighted by molar-refractivity contribution is 5.76. The van der Waals surface area contributed by atoms with E-state index in [1.807, 2.05) is 0 Å². The van der Waals surface area contributed by atoms with Crippen molar-refractivity contribution < 1.29 is 24.5 Å². The van der Waals surface area contributed by atoms with E-state index in [-0.39, 0.29) is 18.5 Å². The Morgan fingerprint density at radius 1 is 0.338 bits per heavy atom. The van der Waals surface area contributed by atoms with E-state index in [0.717, 1.165) is 44.9 Å². The Labute approximate surface area is 501 Å². The molecule has 2 atom stereocenters. The van der Waals surface area contributed by atoms with E-state index in [9.17, 15) is 19.8 Å². The van der Waals surface area contributed by atoms with E-state index >= 15 is 0 Å². The van der Waals surface area contributed by atoms with Crippen molar-refractivity contribution in [2.75, 3.05) is 13.2 Å². The van der Waals surface area contributed by atoms with Crippen LogP contribution in [0.5, 0.6) is 0 Å². The number of unbranched alkanes of at least 4 members (excludes halogenated alkanes) is 57. The van der Waals surface area contributed by atoms with Gasteiger partial charge in [0.2, 0.25) is 5.91 Å². The fourth-order valence-electron chi connectivity index (χ4n) is 11.9. The van der Waals surface area contributed by atoms with Crippen LogP contribution in [0.4, 0.5) is 0 Å². The van der Waals surface area contributed by atoms with Gasteiger partial charge in [-0.15, -0.1) is 0 Å². The highest BCUT2D eigenvalue weighted by Gasteiger charge is 2.20. The Morgan fingerprint density at radius 2 is 0.588 bits per heavy atom. The maximum absolute atomic E-state index is 12.5. The third kappa shape index (κ3) is 65.7. The van der Waals surface area contributed by atoms with E-state index in [1.165, 1.54) is 347 Å². The summed E-state index contributed by atoms with van der Waals surface area (Å²) in [4.78, 5) is 24.7. The Morgan fingerprint density at radius 3 is 0.887 bits per heavy atom. The van der Waals surface area contributed by atoms with Crippen LogP contribution in [0.25, 0.3) is 0 Å². The molecule has 0 saturated heterocycles. The smallest absolute Gasteiger partial charge is 0.305 e. The largest absolute Gasteiger partial charge is 0.466 e. The lowest BCUT2D eigenvalue weighted by Gasteiger charge is -2.22. The number of nitrogens with one attached hydrogen (secondary N) is 1. The summed E-state index contributed by atoms with van der Waals surface area (Å²) in [5.41, 5.74) is 0. The Bertz CT molecular complexity index is 1210. The highest BCUT2D eigenvalue weighted by atomic mass is 16.5. The number of carbonyl (C=O) groups is 2. The lowest BCUT2D eigenvalue weighted by atomic mass is 10.0. The van der Waals surface area contributed by atoms with Crippen molar-refractivity contribution >= 4 is 11.9 Å². The van der Waals surface area contributed by atoms with Gasteiger partial charge in [0, 0.05) is 12.8 Å². The Kier molecular flexibility index (Phi) is 68.9. The molecule has 0 spiro atoms. The number of aliphatic hydroxyl groups is 2. The van der Waals surface area contributed by atoms with Gasteiger partial charge in [-0.2, -0.15) is 0 Å². The molecule has 0 radical (unpaired) electrons. The number of allylic oxidation sites excluding steroid dienone is 2. The first-order chi connectivity index (χ1) is 39.5. The quantitative estimate of drug-likeness (QED) is 0.0320. The fraction of sp³-hybridized carbons (Fsp3) is 0.946. The number of carbonyl (C=O) groups excluding carboxylic acids is 2. The minimum Gasteiger partial charge on any atom is -0.466 e. The highest BCUT2D eigenvalue weighted by Crippen LogP contribution is 2.20. The van der Waals surface area contributed by atoms with Crippen LogP contribution in [-0.2, 0) is 14.3 Å². The second-order valence-corrected chi connectivity index (χ2v) is 25.6. The third-order valence-electron chi connectivity index (χ3n) is 17.6. The van der Waals surface area contributed by atoms with Crippen LogP contribution in [0.15, 0.2) is 12.2 Å². The summed E-state index contributed by atoms with van der Waals surface area (Å²) in [5, 5.41) is 23.4. The molecule has 0 saturated carbocycles. The summed E-state index contributed by atoms with van der Waals surface area (Å²) < 4.78 is 5.51. The summed E-state index contributed by atoms with van der Waals surface area (Å²) in [6.45, 7) is 5.00. The lowest BCUT2D eigenvalue weighted by molar-refractivity contribution is -0.143. The maximum Gasteiger partial charge on any atom is 0.305 e. The van der Waals surface area contributed by atoms with E-state index in [1.54, 1.807) is 0 Å². The van der Waals surface area contributed by atoms with Gasteiger partial charge < -0.3 is 20.3 Å². The van der Waals surface area contributed by atoms with Gasteiger partial charge >= 0.3 is 5.97 Å². The molecular formula is C74H145NO5. The molecular weight excluding hydrogens is 983 g/mol. The van der Waals surface area contributed by atoms with Crippen molar-refractivity contribution in [1.82, 2.24) is 5.32 Å². The van der Waals surface area contributed by atoms with Gasteiger partial charge in [-0.05, 0) is 51.4 Å².